The lowest BCUT2D eigenvalue weighted by Crippen LogP contribution is -2.27. The van der Waals surface area contributed by atoms with Crippen LogP contribution in [0.1, 0.15) is 15.9 Å². The number of benzene rings is 1. The molecule has 88 valence electrons. The van der Waals surface area contributed by atoms with E-state index in [4.69, 9.17) is 5.73 Å². The van der Waals surface area contributed by atoms with Gasteiger partial charge in [0.05, 0.1) is 0 Å². The molecular formula is C11H16N2O2S. The van der Waals surface area contributed by atoms with Crippen molar-refractivity contribution in [2.24, 2.45) is 5.73 Å². The number of amides is 1. The zero-order chi connectivity index (χ0) is 12.0. The molecule has 0 fully saturated rings. The lowest BCUT2D eigenvalue weighted by Gasteiger charge is -2.05. The first-order valence-corrected chi connectivity index (χ1v) is 6.73. The van der Waals surface area contributed by atoms with Crippen molar-refractivity contribution >= 4 is 16.7 Å². The Morgan fingerprint density at radius 1 is 1.50 bits per heavy atom. The summed E-state index contributed by atoms with van der Waals surface area (Å²) < 4.78 is 10.8. The zero-order valence-electron chi connectivity index (χ0n) is 9.23. The van der Waals surface area contributed by atoms with E-state index in [1.54, 1.807) is 24.5 Å². The normalized spacial score (nSPS) is 12.1. The number of nitrogens with one attached hydrogen (secondary N) is 1. The first kappa shape index (κ1) is 12.9. The van der Waals surface area contributed by atoms with Gasteiger partial charge in [0.15, 0.2) is 0 Å². The number of hydrogen-bond acceptors (Lipinski definition) is 3. The van der Waals surface area contributed by atoms with Crippen molar-refractivity contribution < 1.29 is 9.00 Å². The first-order valence-electron chi connectivity index (χ1n) is 5.00. The van der Waals surface area contributed by atoms with Gasteiger partial charge in [-0.15, -0.1) is 0 Å². The standard InChI is InChI=1S/C11H16N2O2S/c1-16(15)6-5-13-11(14)10-4-2-3-9(7-10)8-12/h2-4,7H,5-6,8,12H2,1H3,(H,13,14). The smallest absolute Gasteiger partial charge is 0.251 e. The lowest BCUT2D eigenvalue weighted by atomic mass is 10.1. The molecule has 0 aliphatic rings. The van der Waals surface area contributed by atoms with Crippen molar-refractivity contribution in [3.8, 4) is 0 Å². The van der Waals surface area contributed by atoms with Gasteiger partial charge in [0, 0.05) is 41.5 Å². The fourth-order valence-electron chi connectivity index (χ4n) is 1.25. The second-order valence-electron chi connectivity index (χ2n) is 3.44. The van der Waals surface area contributed by atoms with Gasteiger partial charge in [0.25, 0.3) is 5.91 Å². The van der Waals surface area contributed by atoms with Crippen LogP contribution in [0.25, 0.3) is 0 Å². The molecule has 0 saturated heterocycles. The molecule has 1 atom stereocenters. The first-order chi connectivity index (χ1) is 7.63. The summed E-state index contributed by atoms with van der Waals surface area (Å²) in [6.45, 7) is 0.842. The monoisotopic (exact) mass is 240 g/mol. The molecule has 1 unspecified atom stereocenters. The van der Waals surface area contributed by atoms with Gasteiger partial charge in [0.1, 0.15) is 0 Å². The van der Waals surface area contributed by atoms with E-state index in [-0.39, 0.29) is 5.91 Å². The highest BCUT2D eigenvalue weighted by atomic mass is 32.2. The third kappa shape index (κ3) is 4.12. The number of carbonyl (C=O) groups excluding carboxylic acids is 1. The van der Waals surface area contributed by atoms with Crippen molar-refractivity contribution in [2.45, 2.75) is 6.54 Å². The molecule has 1 amide bonds. The highest BCUT2D eigenvalue weighted by Gasteiger charge is 2.05. The molecule has 0 bridgehead atoms. The average molecular weight is 240 g/mol. The Labute approximate surface area is 97.7 Å². The lowest BCUT2D eigenvalue weighted by molar-refractivity contribution is 0.0956. The Bertz CT molecular complexity index is 393. The van der Waals surface area contributed by atoms with Crippen LogP contribution in [0.3, 0.4) is 0 Å². The van der Waals surface area contributed by atoms with Crippen LogP contribution in [0.2, 0.25) is 0 Å². The molecule has 0 heterocycles. The summed E-state index contributed by atoms with van der Waals surface area (Å²) in [6.07, 6.45) is 1.61. The summed E-state index contributed by atoms with van der Waals surface area (Å²) in [6, 6.07) is 7.17. The Morgan fingerprint density at radius 2 is 2.25 bits per heavy atom. The van der Waals surface area contributed by atoms with Crippen LogP contribution in [-0.2, 0) is 17.3 Å². The Kier molecular flexibility index (Phi) is 5.14. The van der Waals surface area contributed by atoms with Crippen LogP contribution in [0, 0.1) is 0 Å². The highest BCUT2D eigenvalue weighted by molar-refractivity contribution is 7.84. The van der Waals surface area contributed by atoms with Crippen LogP contribution >= 0.6 is 0 Å². The van der Waals surface area contributed by atoms with Crippen LogP contribution in [0.5, 0.6) is 0 Å². The second-order valence-corrected chi connectivity index (χ2v) is 4.99. The van der Waals surface area contributed by atoms with E-state index in [9.17, 15) is 9.00 Å². The molecule has 0 saturated carbocycles. The van der Waals surface area contributed by atoms with Gasteiger partial charge in [-0.2, -0.15) is 0 Å². The predicted octanol–water partition coefficient (Wildman–Crippen LogP) is 0.254. The topological polar surface area (TPSA) is 72.2 Å². The van der Waals surface area contributed by atoms with E-state index in [0.29, 0.717) is 24.4 Å². The van der Waals surface area contributed by atoms with E-state index in [2.05, 4.69) is 5.32 Å². The number of carbonyl (C=O) groups is 1. The van der Waals surface area contributed by atoms with E-state index in [0.717, 1.165) is 5.56 Å². The van der Waals surface area contributed by atoms with Crippen molar-refractivity contribution in [3.63, 3.8) is 0 Å². The van der Waals surface area contributed by atoms with Crippen molar-refractivity contribution in [3.05, 3.63) is 35.4 Å². The van der Waals surface area contributed by atoms with Crippen LogP contribution in [0.15, 0.2) is 24.3 Å². The molecule has 0 radical (unpaired) electrons. The fraction of sp³-hybridized carbons (Fsp3) is 0.364. The van der Waals surface area contributed by atoms with Gasteiger partial charge in [-0.05, 0) is 17.7 Å². The fourth-order valence-corrected chi connectivity index (χ4v) is 1.64. The van der Waals surface area contributed by atoms with Gasteiger partial charge in [0.2, 0.25) is 0 Å². The van der Waals surface area contributed by atoms with Gasteiger partial charge >= 0.3 is 0 Å². The quantitative estimate of drug-likeness (QED) is 0.775. The van der Waals surface area contributed by atoms with E-state index in [1.165, 1.54) is 0 Å². The highest BCUT2D eigenvalue weighted by Crippen LogP contribution is 2.04. The minimum Gasteiger partial charge on any atom is -0.351 e. The third-order valence-corrected chi connectivity index (χ3v) is 2.88. The van der Waals surface area contributed by atoms with Crippen molar-refractivity contribution in [1.29, 1.82) is 0 Å². The number of nitrogens with two attached hydrogens (primary N) is 1. The van der Waals surface area contributed by atoms with Gasteiger partial charge < -0.3 is 11.1 Å². The number of hydrogen-bond donors (Lipinski definition) is 2. The molecule has 3 N–H and O–H groups in total. The molecule has 1 aromatic rings. The maximum atomic E-state index is 11.6. The maximum absolute atomic E-state index is 11.6. The van der Waals surface area contributed by atoms with Gasteiger partial charge in [-0.3, -0.25) is 9.00 Å². The molecule has 1 rings (SSSR count). The molecule has 0 aliphatic carbocycles. The molecule has 0 aromatic heterocycles. The van der Waals surface area contributed by atoms with Gasteiger partial charge in [-0.25, -0.2) is 0 Å². The Hall–Kier alpha value is -1.20. The summed E-state index contributed by atoms with van der Waals surface area (Å²) in [5.74, 6) is 0.322. The van der Waals surface area contributed by atoms with Crippen LogP contribution in [-0.4, -0.2) is 28.7 Å². The summed E-state index contributed by atoms with van der Waals surface area (Å²) >= 11 is 0. The SMILES string of the molecule is CS(=O)CCNC(=O)c1cccc(CN)c1. The predicted molar refractivity (Wildman–Crippen MR) is 65.6 cm³/mol. The largest absolute Gasteiger partial charge is 0.351 e. The summed E-state index contributed by atoms with van der Waals surface area (Å²) in [5.41, 5.74) is 7.00. The molecule has 1 aromatic carbocycles. The van der Waals surface area contributed by atoms with Crippen molar-refractivity contribution in [1.82, 2.24) is 5.32 Å². The van der Waals surface area contributed by atoms with E-state index >= 15 is 0 Å². The van der Waals surface area contributed by atoms with Crippen LogP contribution in [0.4, 0.5) is 0 Å². The molecule has 4 nitrogen and oxygen atoms in total. The Balaban J connectivity index is 2.55. The van der Waals surface area contributed by atoms with Gasteiger partial charge in [-0.1, -0.05) is 12.1 Å². The zero-order valence-corrected chi connectivity index (χ0v) is 10.0. The summed E-state index contributed by atoms with van der Waals surface area (Å²) in [7, 11) is -0.879. The molecule has 0 aliphatic heterocycles. The summed E-state index contributed by atoms with van der Waals surface area (Å²) in [4.78, 5) is 11.6. The molecular weight excluding hydrogens is 224 g/mol. The number of rotatable bonds is 5. The van der Waals surface area contributed by atoms with Crippen molar-refractivity contribution in [2.75, 3.05) is 18.6 Å². The third-order valence-electron chi connectivity index (χ3n) is 2.10. The maximum Gasteiger partial charge on any atom is 0.251 e. The molecule has 16 heavy (non-hydrogen) atoms. The average Bonchev–Trinajstić information content (AvgIpc) is 2.28. The van der Waals surface area contributed by atoms with Crippen LogP contribution < -0.4 is 11.1 Å². The van der Waals surface area contributed by atoms with E-state index in [1.807, 2.05) is 6.07 Å². The molecule has 5 heteroatoms. The Morgan fingerprint density at radius 3 is 2.88 bits per heavy atom. The minimum atomic E-state index is -0.879. The summed E-state index contributed by atoms with van der Waals surface area (Å²) in [5, 5.41) is 2.71. The molecule has 0 spiro atoms. The minimum absolute atomic E-state index is 0.152. The second kappa shape index (κ2) is 6.40. The van der Waals surface area contributed by atoms with E-state index < -0.39 is 10.8 Å².